The van der Waals surface area contributed by atoms with E-state index in [9.17, 15) is 9.18 Å². The van der Waals surface area contributed by atoms with Gasteiger partial charge in [-0.1, -0.05) is 49.9 Å². The van der Waals surface area contributed by atoms with Crippen LogP contribution in [0.25, 0.3) is 11.1 Å². The number of fused-ring (bicyclic) bond motifs is 8. The summed E-state index contributed by atoms with van der Waals surface area (Å²) < 4.78 is 34.8. The van der Waals surface area contributed by atoms with Crippen LogP contribution < -0.4 is 11.1 Å². The number of halogens is 2. The predicted molar refractivity (Wildman–Crippen MR) is 143 cm³/mol. The van der Waals surface area contributed by atoms with Crippen molar-refractivity contribution in [3.63, 3.8) is 0 Å². The molecular weight excluding hydrogens is 484 g/mol. The van der Waals surface area contributed by atoms with E-state index >= 15 is 4.39 Å². The summed E-state index contributed by atoms with van der Waals surface area (Å²) in [6.45, 7) is 2.20. The van der Waals surface area contributed by atoms with Crippen LogP contribution >= 0.6 is 0 Å². The average molecular weight is 512 g/mol. The number of carbonyl (C=O) groups is 1. The van der Waals surface area contributed by atoms with Crippen molar-refractivity contribution in [1.29, 1.82) is 5.41 Å². The van der Waals surface area contributed by atoms with Crippen LogP contribution in [0.15, 0.2) is 72.8 Å². The summed E-state index contributed by atoms with van der Waals surface area (Å²) in [4.78, 5) is 12.9. The van der Waals surface area contributed by atoms with Gasteiger partial charge in [0, 0.05) is 12.1 Å². The topological polar surface area (TPSA) is 88.2 Å². The van der Waals surface area contributed by atoms with Gasteiger partial charge in [-0.25, -0.2) is 8.78 Å². The number of benzene rings is 4. The first-order valence-corrected chi connectivity index (χ1v) is 11.9. The molecule has 4 aromatic carbocycles. The van der Waals surface area contributed by atoms with Crippen molar-refractivity contribution in [1.82, 2.24) is 5.32 Å². The van der Waals surface area contributed by atoms with Crippen LogP contribution in [-0.4, -0.2) is 11.7 Å². The largest absolute Gasteiger partial charge is 0.384 e. The molecule has 6 rings (SSSR count). The lowest BCUT2D eigenvalue weighted by Gasteiger charge is -2.20. The molecular formula is C31H27F2N3O2. The molecule has 2 unspecified atom stereocenters. The van der Waals surface area contributed by atoms with E-state index in [-0.39, 0.29) is 37.3 Å². The number of hydrogen-bond donors (Lipinski definition) is 3. The van der Waals surface area contributed by atoms with Gasteiger partial charge < -0.3 is 15.8 Å². The first-order chi connectivity index (χ1) is 17.8. The molecule has 2 bridgehead atoms. The molecule has 2 heterocycles. The first-order valence-electron chi connectivity index (χ1n) is 11.9. The third-order valence-corrected chi connectivity index (χ3v) is 7.11. The van der Waals surface area contributed by atoms with Crippen LogP contribution in [-0.2, 0) is 11.3 Å². The number of carbonyl (C=O) groups excluding carboxylic acids is 1. The Balaban J connectivity index is 0.00000294. The fraction of sp³-hybridized carbons (Fsp3) is 0.161. The first kappa shape index (κ1) is 25.3. The number of amidine groups is 1. The number of ether oxygens (including phenoxy) is 1. The third-order valence-electron chi connectivity index (χ3n) is 7.11. The molecule has 0 aliphatic carbocycles. The van der Waals surface area contributed by atoms with Crippen LogP contribution in [0.4, 0.5) is 8.78 Å². The van der Waals surface area contributed by atoms with Crippen LogP contribution in [0.5, 0.6) is 0 Å². The Labute approximate surface area is 219 Å². The molecule has 1 amide bonds. The molecule has 0 saturated heterocycles. The van der Waals surface area contributed by atoms with Gasteiger partial charge in [0.05, 0.1) is 5.56 Å². The standard InChI is InChI=1S/C30H23F2N3O2.CH4/c1-15-10-19(17-6-8-20(31)9-7-17)11-24-26(15)28-22-13-25(32)23(12-21(22)27(24)37-28)30(36)35-14-16-2-4-18(5-3-16)29(33)34;/h2-13,27-28H,14H2,1H3,(H3,33,34)(H,35,36);1H4. The molecule has 2 aliphatic heterocycles. The summed E-state index contributed by atoms with van der Waals surface area (Å²) >= 11 is 0. The Bertz CT molecular complexity index is 1580. The van der Waals surface area contributed by atoms with Crippen molar-refractivity contribution in [3.05, 3.63) is 129 Å². The summed E-state index contributed by atoms with van der Waals surface area (Å²) in [6.07, 6.45) is -0.788. The normalized spacial score (nSPS) is 16.4. The second-order valence-corrected chi connectivity index (χ2v) is 9.45. The Kier molecular flexibility index (Phi) is 6.33. The van der Waals surface area contributed by atoms with Crippen LogP contribution in [0.2, 0.25) is 0 Å². The summed E-state index contributed by atoms with van der Waals surface area (Å²) in [7, 11) is 0. The van der Waals surface area contributed by atoms with Gasteiger partial charge >= 0.3 is 0 Å². The molecule has 2 aliphatic rings. The maximum Gasteiger partial charge on any atom is 0.254 e. The second-order valence-electron chi connectivity index (χ2n) is 9.45. The number of rotatable bonds is 5. The van der Waals surface area contributed by atoms with Crippen molar-refractivity contribution in [2.24, 2.45) is 5.73 Å². The SMILES string of the molecule is C.Cc1cc(-c2ccc(F)cc2)cc2c1C1OC2c2cc(C(=O)NCc3ccc(C(=N)N)cc3)c(F)cc21. The predicted octanol–water partition coefficient (Wildman–Crippen LogP) is 6.31. The van der Waals surface area contributed by atoms with Crippen molar-refractivity contribution in [2.75, 3.05) is 0 Å². The number of nitrogens with two attached hydrogens (primary N) is 1. The number of hydrogen-bond acceptors (Lipinski definition) is 3. The zero-order valence-electron chi connectivity index (χ0n) is 19.9. The van der Waals surface area contributed by atoms with Gasteiger partial charge in [0.2, 0.25) is 0 Å². The van der Waals surface area contributed by atoms with E-state index < -0.39 is 17.8 Å². The van der Waals surface area contributed by atoms with Crippen LogP contribution in [0.3, 0.4) is 0 Å². The molecule has 192 valence electrons. The van der Waals surface area contributed by atoms with E-state index in [0.29, 0.717) is 5.56 Å². The van der Waals surface area contributed by atoms with E-state index in [0.717, 1.165) is 44.5 Å². The van der Waals surface area contributed by atoms with Crippen molar-refractivity contribution in [3.8, 4) is 11.1 Å². The Hall–Kier alpha value is -4.36. The van der Waals surface area contributed by atoms with Gasteiger partial charge in [-0.2, -0.15) is 0 Å². The molecule has 0 fully saturated rings. The Morgan fingerprint density at radius 2 is 1.61 bits per heavy atom. The highest BCUT2D eigenvalue weighted by molar-refractivity contribution is 5.95. The highest BCUT2D eigenvalue weighted by atomic mass is 19.1. The highest BCUT2D eigenvalue weighted by Crippen LogP contribution is 2.56. The lowest BCUT2D eigenvalue weighted by atomic mass is 9.81. The summed E-state index contributed by atoms with van der Waals surface area (Å²) in [5.74, 6) is -1.44. The molecule has 7 heteroatoms. The number of amides is 1. The fourth-order valence-electron chi connectivity index (χ4n) is 5.27. The smallest absolute Gasteiger partial charge is 0.254 e. The van der Waals surface area contributed by atoms with Gasteiger partial charge in [-0.3, -0.25) is 10.2 Å². The van der Waals surface area contributed by atoms with Crippen molar-refractivity contribution < 1.29 is 18.3 Å². The lowest BCUT2D eigenvalue weighted by Crippen LogP contribution is -2.24. The van der Waals surface area contributed by atoms with Crippen LogP contribution in [0.1, 0.15) is 68.9 Å². The summed E-state index contributed by atoms with van der Waals surface area (Å²) in [6, 6.07) is 20.4. The minimum atomic E-state index is -0.596. The van der Waals surface area contributed by atoms with E-state index in [1.54, 1.807) is 42.5 Å². The monoisotopic (exact) mass is 511 g/mol. The second kappa shape index (κ2) is 9.50. The lowest BCUT2D eigenvalue weighted by molar-refractivity contribution is 0.0855. The van der Waals surface area contributed by atoms with Gasteiger partial charge in [-0.05, 0) is 81.8 Å². The zero-order valence-corrected chi connectivity index (χ0v) is 19.9. The molecule has 0 aromatic heterocycles. The Morgan fingerprint density at radius 3 is 2.29 bits per heavy atom. The maximum absolute atomic E-state index is 15.1. The summed E-state index contributed by atoms with van der Waals surface area (Å²) in [5, 5.41) is 10.2. The summed E-state index contributed by atoms with van der Waals surface area (Å²) in [5.41, 5.74) is 13.2. The van der Waals surface area contributed by atoms with E-state index in [1.807, 2.05) is 19.1 Å². The molecule has 4 aromatic rings. The number of nitrogens with one attached hydrogen (secondary N) is 2. The molecule has 4 N–H and O–H groups in total. The molecule has 38 heavy (non-hydrogen) atoms. The highest BCUT2D eigenvalue weighted by Gasteiger charge is 2.44. The minimum Gasteiger partial charge on any atom is -0.384 e. The maximum atomic E-state index is 15.1. The van der Waals surface area contributed by atoms with Crippen molar-refractivity contribution in [2.45, 2.75) is 33.1 Å². The zero-order chi connectivity index (χ0) is 25.8. The number of nitrogen functional groups attached to an aromatic ring is 1. The fourth-order valence-corrected chi connectivity index (χ4v) is 5.27. The minimum absolute atomic E-state index is 0. The molecule has 2 atom stereocenters. The molecule has 5 nitrogen and oxygen atoms in total. The Morgan fingerprint density at radius 1 is 0.921 bits per heavy atom. The quantitative estimate of drug-likeness (QED) is 0.217. The molecule has 0 saturated carbocycles. The van der Waals surface area contributed by atoms with Gasteiger partial charge in [-0.15, -0.1) is 0 Å². The number of aryl methyl sites for hydroxylation is 1. The van der Waals surface area contributed by atoms with Gasteiger partial charge in [0.25, 0.3) is 5.91 Å². The van der Waals surface area contributed by atoms with Gasteiger partial charge in [0.1, 0.15) is 29.7 Å². The van der Waals surface area contributed by atoms with E-state index in [1.165, 1.54) is 18.2 Å². The third kappa shape index (κ3) is 4.15. The average Bonchev–Trinajstić information content (AvgIpc) is 3.44. The van der Waals surface area contributed by atoms with E-state index in [4.69, 9.17) is 15.9 Å². The van der Waals surface area contributed by atoms with Crippen LogP contribution in [0, 0.1) is 24.0 Å². The van der Waals surface area contributed by atoms with Gasteiger partial charge in [0.15, 0.2) is 0 Å². The molecule has 0 spiro atoms. The van der Waals surface area contributed by atoms with Crippen molar-refractivity contribution >= 4 is 11.7 Å². The molecule has 0 radical (unpaired) electrons. The van der Waals surface area contributed by atoms with E-state index in [2.05, 4.69) is 5.32 Å².